The number of rotatable bonds is 0. The Balaban J connectivity index is 2.84. The van der Waals surface area contributed by atoms with Crippen LogP contribution in [-0.2, 0) is 0 Å². The van der Waals surface area contributed by atoms with Gasteiger partial charge in [-0.3, -0.25) is 12.4 Å². The first-order valence-corrected chi connectivity index (χ1v) is 6.39. The fourth-order valence-corrected chi connectivity index (χ4v) is 2.89. The molecule has 3 nitrogen and oxygen atoms in total. The largest absolute Gasteiger partial charge is 0.285 e. The van der Waals surface area contributed by atoms with Gasteiger partial charge in [0.05, 0.1) is 44.7 Å². The van der Waals surface area contributed by atoms with Gasteiger partial charge in [-0.15, -0.1) is 0 Å². The SMILES string of the molecule is O=c1c(=O)c2ccccc2n(I)c2ccccc12. The minimum absolute atomic E-state index is 0.447. The molecule has 1 aromatic heterocycles. The second-order valence-electron chi connectivity index (χ2n) is 3.97. The van der Waals surface area contributed by atoms with Crippen LogP contribution in [0.4, 0.5) is 0 Å². The van der Waals surface area contributed by atoms with E-state index in [9.17, 15) is 9.59 Å². The van der Waals surface area contributed by atoms with Crippen LogP contribution in [0.25, 0.3) is 21.8 Å². The van der Waals surface area contributed by atoms with E-state index in [1.54, 1.807) is 24.3 Å². The third kappa shape index (κ3) is 1.56. The Morgan fingerprint density at radius 3 is 1.56 bits per heavy atom. The average Bonchev–Trinajstić information content (AvgIpc) is 2.51. The molecule has 0 spiro atoms. The number of hydrogen-bond donors (Lipinski definition) is 0. The van der Waals surface area contributed by atoms with Gasteiger partial charge in [0.25, 0.3) is 0 Å². The molecule has 0 amide bonds. The van der Waals surface area contributed by atoms with Crippen molar-refractivity contribution in [3.8, 4) is 0 Å². The normalized spacial score (nSPS) is 10.9. The van der Waals surface area contributed by atoms with E-state index in [0.717, 1.165) is 11.0 Å². The van der Waals surface area contributed by atoms with Crippen LogP contribution in [0.3, 0.4) is 0 Å². The summed E-state index contributed by atoms with van der Waals surface area (Å²) in [5.41, 5.74) is 0.609. The summed E-state index contributed by atoms with van der Waals surface area (Å²) in [7, 11) is 0. The molecule has 0 saturated heterocycles. The molecule has 0 aliphatic rings. The number of hydrogen-bond acceptors (Lipinski definition) is 2. The number of fused-ring (bicyclic) bond motifs is 2. The van der Waals surface area contributed by atoms with Gasteiger partial charge in [0.2, 0.25) is 10.9 Å². The second kappa shape index (κ2) is 4.20. The molecule has 0 atom stereocenters. The summed E-state index contributed by atoms with van der Waals surface area (Å²) in [5.74, 6) is 0. The highest BCUT2D eigenvalue weighted by molar-refractivity contribution is 14.1. The molecular weight excluding hydrogens is 341 g/mol. The molecule has 0 N–H and O–H groups in total. The van der Waals surface area contributed by atoms with E-state index >= 15 is 0 Å². The summed E-state index contributed by atoms with van der Waals surface area (Å²) >= 11 is 2.11. The van der Waals surface area contributed by atoms with Crippen molar-refractivity contribution in [3.05, 3.63) is 69.0 Å². The second-order valence-corrected chi connectivity index (χ2v) is 4.94. The molecule has 0 aliphatic heterocycles. The van der Waals surface area contributed by atoms with Gasteiger partial charge in [0, 0.05) is 0 Å². The molecule has 0 bridgehead atoms. The molecule has 88 valence electrons. The number of nitrogens with zero attached hydrogens (tertiary/aromatic N) is 1. The zero-order valence-corrected chi connectivity index (χ0v) is 11.4. The van der Waals surface area contributed by atoms with Crippen LogP contribution in [0, 0.1) is 0 Å². The lowest BCUT2D eigenvalue weighted by atomic mass is 10.2. The molecule has 18 heavy (non-hydrogen) atoms. The van der Waals surface area contributed by atoms with Crippen LogP contribution in [0.15, 0.2) is 58.1 Å². The molecule has 1 heterocycles. The highest BCUT2D eigenvalue weighted by Crippen LogP contribution is 2.18. The molecular formula is C14H8INO2. The molecule has 0 radical (unpaired) electrons. The Bertz CT molecular complexity index is 811. The minimum atomic E-state index is -0.447. The summed E-state index contributed by atoms with van der Waals surface area (Å²) in [6.07, 6.45) is 0. The Morgan fingerprint density at radius 1 is 0.722 bits per heavy atom. The first-order chi connectivity index (χ1) is 8.70. The van der Waals surface area contributed by atoms with Gasteiger partial charge in [-0.25, -0.2) is 0 Å². The summed E-state index contributed by atoms with van der Waals surface area (Å²) in [6.45, 7) is 0. The van der Waals surface area contributed by atoms with Gasteiger partial charge in [0.1, 0.15) is 0 Å². The van der Waals surface area contributed by atoms with Crippen LogP contribution in [-0.4, -0.2) is 2.78 Å². The smallest absolute Gasteiger partial charge is 0.235 e. The maximum Gasteiger partial charge on any atom is 0.235 e. The molecule has 3 rings (SSSR count). The lowest BCUT2D eigenvalue weighted by Crippen LogP contribution is -2.20. The van der Waals surface area contributed by atoms with Crippen LogP contribution in [0.2, 0.25) is 0 Å². The van der Waals surface area contributed by atoms with E-state index in [4.69, 9.17) is 0 Å². The summed E-state index contributed by atoms with van der Waals surface area (Å²) in [5, 5.41) is 0.904. The molecule has 0 aliphatic carbocycles. The van der Waals surface area contributed by atoms with Gasteiger partial charge in [0.15, 0.2) is 0 Å². The first-order valence-electron chi connectivity index (χ1n) is 5.43. The topological polar surface area (TPSA) is 39.1 Å². The zero-order chi connectivity index (χ0) is 12.7. The predicted molar refractivity (Wildman–Crippen MR) is 81.4 cm³/mol. The molecule has 4 heteroatoms. The molecule has 3 aromatic rings. The van der Waals surface area contributed by atoms with Crippen molar-refractivity contribution in [1.82, 2.24) is 2.78 Å². The van der Waals surface area contributed by atoms with Crippen molar-refractivity contribution in [2.45, 2.75) is 0 Å². The van der Waals surface area contributed by atoms with Crippen LogP contribution in [0.1, 0.15) is 0 Å². The Kier molecular flexibility index (Phi) is 2.66. The summed E-state index contributed by atoms with van der Waals surface area (Å²) < 4.78 is 1.85. The van der Waals surface area contributed by atoms with Crippen LogP contribution >= 0.6 is 22.9 Å². The van der Waals surface area contributed by atoms with Crippen molar-refractivity contribution in [3.63, 3.8) is 0 Å². The van der Waals surface area contributed by atoms with Crippen molar-refractivity contribution < 1.29 is 0 Å². The Hall–Kier alpha value is -1.69. The molecule has 0 saturated carbocycles. The quantitative estimate of drug-likeness (QED) is 0.463. The van der Waals surface area contributed by atoms with Gasteiger partial charge in [-0.05, 0) is 24.3 Å². The highest BCUT2D eigenvalue weighted by Gasteiger charge is 2.08. The predicted octanol–water partition coefficient (Wildman–Crippen LogP) is 2.71. The van der Waals surface area contributed by atoms with Crippen LogP contribution < -0.4 is 10.9 Å². The lowest BCUT2D eigenvalue weighted by molar-refractivity contribution is 1.47. The number of para-hydroxylation sites is 2. The summed E-state index contributed by atoms with van der Waals surface area (Å²) in [6, 6.07) is 14.3. The molecule has 2 aromatic carbocycles. The van der Waals surface area contributed by atoms with Crippen LogP contribution in [0.5, 0.6) is 0 Å². The Morgan fingerprint density at radius 2 is 1.11 bits per heavy atom. The lowest BCUT2D eigenvalue weighted by Gasteiger charge is -2.00. The number of benzene rings is 2. The third-order valence-electron chi connectivity index (χ3n) is 2.93. The van der Waals surface area contributed by atoms with Crippen molar-refractivity contribution in [2.75, 3.05) is 0 Å². The maximum atomic E-state index is 12.2. The van der Waals surface area contributed by atoms with E-state index in [0.29, 0.717) is 10.8 Å². The van der Waals surface area contributed by atoms with E-state index in [2.05, 4.69) is 22.9 Å². The standard InChI is InChI=1S/C14H8INO2/c15-16-11-7-3-1-5-9(11)13(17)14(18)10-6-2-4-8-12(10)16/h1-8H. The van der Waals surface area contributed by atoms with Gasteiger partial charge < -0.3 is 0 Å². The minimum Gasteiger partial charge on any atom is -0.285 e. The maximum absolute atomic E-state index is 12.2. The monoisotopic (exact) mass is 349 g/mol. The van der Waals surface area contributed by atoms with E-state index in [1.807, 2.05) is 27.0 Å². The molecule has 0 fully saturated rings. The highest BCUT2D eigenvalue weighted by atomic mass is 127. The van der Waals surface area contributed by atoms with E-state index in [-0.39, 0.29) is 0 Å². The van der Waals surface area contributed by atoms with Crippen molar-refractivity contribution >= 4 is 44.7 Å². The average molecular weight is 349 g/mol. The third-order valence-corrected chi connectivity index (χ3v) is 3.97. The van der Waals surface area contributed by atoms with Gasteiger partial charge in [-0.2, -0.15) is 0 Å². The summed E-state index contributed by atoms with van der Waals surface area (Å²) in [4.78, 5) is 24.3. The number of halogens is 1. The Labute approximate surface area is 116 Å². The zero-order valence-electron chi connectivity index (χ0n) is 9.26. The van der Waals surface area contributed by atoms with Gasteiger partial charge in [-0.1, -0.05) is 24.3 Å². The van der Waals surface area contributed by atoms with E-state index in [1.165, 1.54) is 0 Å². The van der Waals surface area contributed by atoms with Crippen molar-refractivity contribution in [1.29, 1.82) is 0 Å². The van der Waals surface area contributed by atoms with Crippen molar-refractivity contribution in [2.24, 2.45) is 0 Å². The fraction of sp³-hybridized carbons (Fsp3) is 0. The first kappa shape index (κ1) is 11.4. The number of aromatic nitrogens is 1. The fourth-order valence-electron chi connectivity index (χ4n) is 2.05. The molecule has 0 unspecified atom stereocenters. The van der Waals surface area contributed by atoms with E-state index < -0.39 is 10.9 Å². The van der Waals surface area contributed by atoms with Gasteiger partial charge >= 0.3 is 0 Å².